The van der Waals surface area contributed by atoms with Gasteiger partial charge in [0, 0.05) is 38.0 Å². The van der Waals surface area contributed by atoms with Crippen LogP contribution < -0.4 is 5.32 Å². The molecule has 16 nitrogen and oxygen atoms in total. The number of fused-ring (bicyclic) bond motifs is 5. The van der Waals surface area contributed by atoms with E-state index in [1.807, 2.05) is 0 Å². The number of carbonyl (C=O) groups is 6. The van der Waals surface area contributed by atoms with Crippen molar-refractivity contribution in [2.24, 2.45) is 28.6 Å². The number of allylic oxidation sites excluding steroid dienone is 1. The maximum absolute atomic E-state index is 15.3. The summed E-state index contributed by atoms with van der Waals surface area (Å²) in [6.07, 6.45) is -6.71. The van der Waals surface area contributed by atoms with Crippen molar-refractivity contribution in [3.63, 3.8) is 0 Å². The summed E-state index contributed by atoms with van der Waals surface area (Å²) in [5.74, 6) is -8.06. The molecule has 310 valence electrons. The minimum absolute atomic E-state index is 0.00904. The average Bonchev–Trinajstić information content (AvgIpc) is 3.99. The van der Waals surface area contributed by atoms with Crippen LogP contribution in [0, 0.1) is 28.6 Å². The van der Waals surface area contributed by atoms with E-state index in [0.717, 1.165) is 13.8 Å². The number of nitrogens with one attached hydrogen (secondary N) is 1. The van der Waals surface area contributed by atoms with Gasteiger partial charge in [0.05, 0.1) is 35.6 Å². The van der Waals surface area contributed by atoms with E-state index < -0.39 is 118 Å². The second kappa shape index (κ2) is 15.3. The number of ketones is 1. The first-order chi connectivity index (χ1) is 26.7. The van der Waals surface area contributed by atoms with Crippen LogP contribution in [-0.4, -0.2) is 112 Å². The number of benzene rings is 1. The number of carbonyl (C=O) groups excluding carboxylic acids is 6. The molecule has 2 bridgehead atoms. The van der Waals surface area contributed by atoms with Crippen molar-refractivity contribution in [1.29, 1.82) is 0 Å². The maximum atomic E-state index is 15.3. The molecule has 6 rings (SSSR count). The van der Waals surface area contributed by atoms with Gasteiger partial charge in [-0.2, -0.15) is 0 Å². The number of Topliss-reactive ketones (excluding diaryl/α,β-unsaturated/α-hetero) is 1. The lowest BCUT2D eigenvalue weighted by Crippen LogP contribution is -2.81. The summed E-state index contributed by atoms with van der Waals surface area (Å²) in [5.41, 5.74) is -7.73. The summed E-state index contributed by atoms with van der Waals surface area (Å²) in [6, 6.07) is 6.74. The zero-order valence-corrected chi connectivity index (χ0v) is 32.9. The molecule has 1 aliphatic heterocycles. The van der Waals surface area contributed by atoms with Gasteiger partial charge in [-0.15, -0.1) is 0 Å². The van der Waals surface area contributed by atoms with Gasteiger partial charge in [0.15, 0.2) is 17.5 Å². The number of ether oxygens (including phenoxy) is 6. The van der Waals surface area contributed by atoms with Crippen molar-refractivity contribution in [2.45, 2.75) is 115 Å². The predicted molar refractivity (Wildman–Crippen MR) is 195 cm³/mol. The molecule has 9 unspecified atom stereocenters. The fourth-order valence-electron chi connectivity index (χ4n) is 9.61. The first kappa shape index (κ1) is 42.0. The largest absolute Gasteiger partial charge is 0.460 e. The Morgan fingerprint density at radius 2 is 1.72 bits per heavy atom. The summed E-state index contributed by atoms with van der Waals surface area (Å²) in [7, 11) is 0. The maximum Gasteiger partial charge on any atom is 0.407 e. The van der Waals surface area contributed by atoms with Crippen molar-refractivity contribution in [2.75, 3.05) is 13.2 Å². The van der Waals surface area contributed by atoms with Crippen LogP contribution >= 0.6 is 0 Å². The Hall–Kier alpha value is -4.64. The van der Waals surface area contributed by atoms with Crippen molar-refractivity contribution >= 4 is 35.8 Å². The number of esters is 4. The average molecular weight is 798 g/mol. The molecule has 0 spiro atoms. The van der Waals surface area contributed by atoms with Gasteiger partial charge in [-0.1, -0.05) is 51.6 Å². The van der Waals surface area contributed by atoms with Gasteiger partial charge in [-0.25, -0.2) is 14.4 Å². The molecule has 1 aromatic carbocycles. The lowest BCUT2D eigenvalue weighted by atomic mass is 9.45. The fraction of sp³-hybridized carbons (Fsp3) is 0.610. The van der Waals surface area contributed by atoms with Gasteiger partial charge < -0.3 is 49.1 Å². The minimum atomic E-state index is -2.36. The highest BCUT2D eigenvalue weighted by Gasteiger charge is 2.78. The van der Waals surface area contributed by atoms with E-state index in [2.05, 4.69) is 11.9 Å². The molecular formula is C41H51NO15. The van der Waals surface area contributed by atoms with Crippen LogP contribution in [-0.2, 0) is 47.6 Å². The van der Waals surface area contributed by atoms with E-state index in [1.165, 1.54) is 25.1 Å². The van der Waals surface area contributed by atoms with Crippen molar-refractivity contribution in [1.82, 2.24) is 5.32 Å². The molecule has 4 fully saturated rings. The molecule has 1 amide bonds. The van der Waals surface area contributed by atoms with E-state index >= 15 is 4.79 Å². The van der Waals surface area contributed by atoms with Gasteiger partial charge in [-0.05, 0) is 43.4 Å². The molecule has 1 heterocycles. The molecule has 3 saturated carbocycles. The van der Waals surface area contributed by atoms with Crippen LogP contribution in [0.25, 0.3) is 0 Å². The summed E-state index contributed by atoms with van der Waals surface area (Å²) < 4.78 is 34.9. The number of alkyl carbamates (subject to hydrolysis) is 1. The fourth-order valence-corrected chi connectivity index (χ4v) is 9.61. The molecule has 1 aromatic rings. The van der Waals surface area contributed by atoms with E-state index in [4.69, 9.17) is 28.4 Å². The van der Waals surface area contributed by atoms with Crippen LogP contribution in [0.15, 0.2) is 54.3 Å². The predicted octanol–water partition coefficient (Wildman–Crippen LogP) is 2.46. The summed E-state index contributed by atoms with van der Waals surface area (Å²) in [5, 5.41) is 39.4. The smallest absolute Gasteiger partial charge is 0.407 e. The normalized spacial score (nSPS) is 34.9. The van der Waals surface area contributed by atoms with Crippen LogP contribution in [0.5, 0.6) is 0 Å². The topological polar surface area (TPSA) is 231 Å². The van der Waals surface area contributed by atoms with Crippen LogP contribution in [0.1, 0.15) is 77.6 Å². The second-order valence-corrected chi connectivity index (χ2v) is 16.6. The third-order valence-electron chi connectivity index (χ3n) is 12.8. The molecule has 5 aliphatic rings. The minimum Gasteiger partial charge on any atom is -0.460 e. The van der Waals surface area contributed by atoms with Gasteiger partial charge in [-0.3, -0.25) is 14.4 Å². The van der Waals surface area contributed by atoms with Crippen molar-refractivity contribution < 1.29 is 72.5 Å². The molecule has 0 aromatic heterocycles. The Labute approximate surface area is 329 Å². The number of hydrogen-bond donors (Lipinski definition) is 4. The van der Waals surface area contributed by atoms with E-state index in [9.17, 15) is 39.3 Å². The lowest BCUT2D eigenvalue weighted by molar-refractivity contribution is -0.345. The summed E-state index contributed by atoms with van der Waals surface area (Å²) in [6.45, 7) is 11.4. The first-order valence-electron chi connectivity index (χ1n) is 19.1. The highest BCUT2D eigenvalue weighted by atomic mass is 16.6. The monoisotopic (exact) mass is 797 g/mol. The molecule has 1 saturated heterocycles. The number of hydrogen-bond acceptors (Lipinski definition) is 15. The molecular weight excluding hydrogens is 746 g/mol. The molecule has 4 aliphatic carbocycles. The standard InChI is InChI=1S/C41H51NO15/c1-8-16-52-37(50)42-29(23-14-15-23)30(46)36(49)55-25-18-41(51)34(56-35(48)24-12-10-9-11-13-24)32-39(7,26(45)17-27-40(32,19-53-27)57-22(4)44)33(47)31(54-21(3)43)28(20(25)2)38(41,5)6/h8-13,20,23,25-27,29-30,32,34,45-46,51H,1,14-19H2,2-7H3,(H,42,50)/t20?,25?,26?,27?,29?,30?,32?,34?,39-,40+,41?/m1/s1. The van der Waals surface area contributed by atoms with Gasteiger partial charge in [0.2, 0.25) is 5.78 Å². The van der Waals surface area contributed by atoms with Crippen LogP contribution in [0.2, 0.25) is 0 Å². The quantitative estimate of drug-likeness (QED) is 0.143. The highest BCUT2D eigenvalue weighted by molar-refractivity contribution is 6.02. The van der Waals surface area contributed by atoms with Crippen LogP contribution in [0.4, 0.5) is 4.79 Å². The Bertz CT molecular complexity index is 1860. The summed E-state index contributed by atoms with van der Waals surface area (Å²) >= 11 is 0. The lowest BCUT2D eigenvalue weighted by Gasteiger charge is -2.67. The third kappa shape index (κ3) is 7.04. The zero-order valence-electron chi connectivity index (χ0n) is 32.9. The Morgan fingerprint density at radius 3 is 2.28 bits per heavy atom. The molecule has 0 radical (unpaired) electrons. The number of amides is 1. The Morgan fingerprint density at radius 1 is 1.05 bits per heavy atom. The Balaban J connectivity index is 1.53. The number of rotatable bonds is 11. The van der Waals surface area contributed by atoms with Gasteiger partial charge in [0.1, 0.15) is 30.5 Å². The van der Waals surface area contributed by atoms with Crippen LogP contribution in [0.3, 0.4) is 0 Å². The van der Waals surface area contributed by atoms with Crippen molar-refractivity contribution in [3.8, 4) is 0 Å². The zero-order chi connectivity index (χ0) is 41.8. The molecule has 57 heavy (non-hydrogen) atoms. The van der Waals surface area contributed by atoms with E-state index in [0.29, 0.717) is 12.8 Å². The Kier molecular flexibility index (Phi) is 11.2. The molecule has 16 heteroatoms. The molecule has 4 N–H and O–H groups in total. The first-order valence-corrected chi connectivity index (χ1v) is 19.1. The third-order valence-corrected chi connectivity index (χ3v) is 12.8. The number of aliphatic hydroxyl groups excluding tert-OH is 2. The number of aliphatic hydroxyl groups is 3. The van der Waals surface area contributed by atoms with E-state index in [1.54, 1.807) is 39.0 Å². The van der Waals surface area contributed by atoms with Crippen molar-refractivity contribution in [3.05, 3.63) is 59.9 Å². The second-order valence-electron chi connectivity index (χ2n) is 16.6. The highest BCUT2D eigenvalue weighted by Crippen LogP contribution is 2.65. The van der Waals surface area contributed by atoms with Gasteiger partial charge in [0.25, 0.3) is 0 Å². The molecule has 11 atom stereocenters. The van der Waals surface area contributed by atoms with Gasteiger partial charge >= 0.3 is 30.0 Å². The SMILES string of the molecule is C=CCOC(=O)NC(C1CC1)C(O)C(=O)OC1CC2(O)C(OC(=O)c3ccccc3)C3[C@]4(OC(C)=O)COC4CC(O)[C@@]3(C)C(=O)C(OC(C)=O)=C(C1C)C2(C)C. The summed E-state index contributed by atoms with van der Waals surface area (Å²) in [4.78, 5) is 81.6. The van der Waals surface area contributed by atoms with E-state index in [-0.39, 0.29) is 36.7 Å².